The first-order valence-corrected chi connectivity index (χ1v) is 7.59. The SMILES string of the molecule is c1ccc(-c2cccc(-c3nc4ccccc4s3)c2)nc1. The van der Waals surface area contributed by atoms with Crippen molar-refractivity contribution >= 4 is 21.6 Å². The number of fused-ring (bicyclic) bond motifs is 1. The summed E-state index contributed by atoms with van der Waals surface area (Å²) in [4.78, 5) is 9.13. The standard InChI is InChI=1S/C18H12N2S/c1-2-10-17-16(9-1)20-18(21-17)14-7-5-6-13(12-14)15-8-3-4-11-19-15/h1-12H. The number of nitrogens with zero attached hydrogens (tertiary/aromatic N) is 2. The summed E-state index contributed by atoms with van der Waals surface area (Å²) in [5.74, 6) is 0. The topological polar surface area (TPSA) is 25.8 Å². The first kappa shape index (κ1) is 12.2. The van der Waals surface area contributed by atoms with Gasteiger partial charge in [0.25, 0.3) is 0 Å². The second-order valence-electron chi connectivity index (χ2n) is 4.78. The summed E-state index contributed by atoms with van der Waals surface area (Å²) >= 11 is 1.72. The molecule has 2 aromatic heterocycles. The Morgan fingerprint density at radius 3 is 2.48 bits per heavy atom. The normalized spacial score (nSPS) is 10.9. The molecule has 0 aliphatic carbocycles. The number of benzene rings is 2. The van der Waals surface area contributed by atoms with E-state index in [1.165, 1.54) is 4.70 Å². The molecule has 2 nitrogen and oxygen atoms in total. The van der Waals surface area contributed by atoms with Crippen molar-refractivity contribution in [3.05, 3.63) is 72.9 Å². The molecule has 4 aromatic rings. The average Bonchev–Trinajstić information content (AvgIpc) is 3.00. The lowest BCUT2D eigenvalue weighted by molar-refractivity contribution is 1.33. The highest BCUT2D eigenvalue weighted by Gasteiger charge is 2.07. The Labute approximate surface area is 126 Å². The Bertz CT molecular complexity index is 864. The quantitative estimate of drug-likeness (QED) is 0.517. The van der Waals surface area contributed by atoms with E-state index in [1.54, 1.807) is 11.3 Å². The van der Waals surface area contributed by atoms with E-state index in [9.17, 15) is 0 Å². The van der Waals surface area contributed by atoms with Gasteiger partial charge in [0.2, 0.25) is 0 Å². The van der Waals surface area contributed by atoms with E-state index >= 15 is 0 Å². The van der Waals surface area contributed by atoms with E-state index in [-0.39, 0.29) is 0 Å². The number of hydrogen-bond acceptors (Lipinski definition) is 3. The van der Waals surface area contributed by atoms with Crippen LogP contribution in [0.2, 0.25) is 0 Å². The third kappa shape index (κ3) is 2.32. The summed E-state index contributed by atoms with van der Waals surface area (Å²) in [6.45, 7) is 0. The molecule has 0 amide bonds. The Hall–Kier alpha value is -2.52. The molecule has 0 aliphatic rings. The molecule has 4 rings (SSSR count). The predicted octanol–water partition coefficient (Wildman–Crippen LogP) is 5.03. The molecule has 0 radical (unpaired) electrons. The molecule has 0 unspecified atom stereocenters. The van der Waals surface area contributed by atoms with Crippen LogP contribution >= 0.6 is 11.3 Å². The molecule has 0 aliphatic heterocycles. The fourth-order valence-corrected chi connectivity index (χ4v) is 3.30. The van der Waals surface area contributed by atoms with Crippen LogP contribution < -0.4 is 0 Å². The Kier molecular flexibility index (Phi) is 2.98. The maximum Gasteiger partial charge on any atom is 0.124 e. The van der Waals surface area contributed by atoms with Gasteiger partial charge in [0.15, 0.2) is 0 Å². The molecule has 100 valence electrons. The van der Waals surface area contributed by atoms with Gasteiger partial charge in [0.1, 0.15) is 5.01 Å². The fourth-order valence-electron chi connectivity index (χ4n) is 2.34. The van der Waals surface area contributed by atoms with Crippen molar-refractivity contribution < 1.29 is 0 Å². The summed E-state index contributed by atoms with van der Waals surface area (Å²) in [6.07, 6.45) is 1.82. The zero-order valence-electron chi connectivity index (χ0n) is 11.2. The van der Waals surface area contributed by atoms with Crippen LogP contribution in [0.5, 0.6) is 0 Å². The van der Waals surface area contributed by atoms with Gasteiger partial charge in [0, 0.05) is 17.3 Å². The summed E-state index contributed by atoms with van der Waals surface area (Å²) in [5.41, 5.74) is 4.30. The van der Waals surface area contributed by atoms with Gasteiger partial charge >= 0.3 is 0 Å². The predicted molar refractivity (Wildman–Crippen MR) is 88.3 cm³/mol. The molecule has 0 N–H and O–H groups in total. The maximum absolute atomic E-state index is 4.72. The highest BCUT2D eigenvalue weighted by molar-refractivity contribution is 7.21. The number of thiazole rings is 1. The smallest absolute Gasteiger partial charge is 0.124 e. The molecule has 2 aromatic carbocycles. The van der Waals surface area contributed by atoms with Gasteiger partial charge in [-0.15, -0.1) is 11.3 Å². The van der Waals surface area contributed by atoms with Crippen molar-refractivity contribution in [1.82, 2.24) is 9.97 Å². The van der Waals surface area contributed by atoms with E-state index in [0.717, 1.165) is 27.3 Å². The van der Waals surface area contributed by atoms with Crippen molar-refractivity contribution in [3.63, 3.8) is 0 Å². The molecule has 0 bridgehead atoms. The number of hydrogen-bond donors (Lipinski definition) is 0. The second-order valence-corrected chi connectivity index (χ2v) is 5.81. The number of aromatic nitrogens is 2. The zero-order chi connectivity index (χ0) is 14.1. The van der Waals surface area contributed by atoms with Crippen molar-refractivity contribution in [2.75, 3.05) is 0 Å². The molecule has 0 saturated heterocycles. The van der Waals surface area contributed by atoms with E-state index < -0.39 is 0 Å². The van der Waals surface area contributed by atoms with Crippen molar-refractivity contribution in [1.29, 1.82) is 0 Å². The van der Waals surface area contributed by atoms with Crippen molar-refractivity contribution in [3.8, 4) is 21.8 Å². The summed E-state index contributed by atoms with van der Waals surface area (Å²) in [6, 6.07) is 22.6. The molecule has 2 heterocycles. The summed E-state index contributed by atoms with van der Waals surface area (Å²) in [7, 11) is 0. The minimum atomic E-state index is 0.987. The highest BCUT2D eigenvalue weighted by atomic mass is 32.1. The highest BCUT2D eigenvalue weighted by Crippen LogP contribution is 2.31. The van der Waals surface area contributed by atoms with Crippen LogP contribution in [0.1, 0.15) is 0 Å². The molecule has 21 heavy (non-hydrogen) atoms. The number of para-hydroxylation sites is 1. The minimum Gasteiger partial charge on any atom is -0.256 e. The van der Waals surface area contributed by atoms with Crippen LogP contribution in [0.15, 0.2) is 72.9 Å². The van der Waals surface area contributed by atoms with Gasteiger partial charge in [-0.3, -0.25) is 4.98 Å². The van der Waals surface area contributed by atoms with Crippen LogP contribution in [-0.2, 0) is 0 Å². The third-order valence-corrected chi connectivity index (χ3v) is 4.45. The van der Waals surface area contributed by atoms with Crippen LogP contribution in [0.3, 0.4) is 0 Å². The third-order valence-electron chi connectivity index (χ3n) is 3.36. The lowest BCUT2D eigenvalue weighted by Crippen LogP contribution is -1.83. The van der Waals surface area contributed by atoms with Gasteiger partial charge in [-0.1, -0.05) is 36.4 Å². The molecule has 0 fully saturated rings. The zero-order valence-corrected chi connectivity index (χ0v) is 12.0. The molecule has 0 atom stereocenters. The lowest BCUT2D eigenvalue weighted by Gasteiger charge is -2.02. The van der Waals surface area contributed by atoms with Crippen LogP contribution in [0.4, 0.5) is 0 Å². The number of rotatable bonds is 2. The van der Waals surface area contributed by atoms with E-state index in [2.05, 4.69) is 47.4 Å². The number of pyridine rings is 1. The largest absolute Gasteiger partial charge is 0.256 e. The first-order valence-electron chi connectivity index (χ1n) is 6.77. The Morgan fingerprint density at radius 1 is 0.762 bits per heavy atom. The van der Waals surface area contributed by atoms with Gasteiger partial charge in [0.05, 0.1) is 15.9 Å². The second kappa shape index (κ2) is 5.11. The first-order chi connectivity index (χ1) is 10.4. The van der Waals surface area contributed by atoms with Gasteiger partial charge in [-0.2, -0.15) is 0 Å². The Morgan fingerprint density at radius 2 is 1.62 bits per heavy atom. The van der Waals surface area contributed by atoms with Gasteiger partial charge in [-0.25, -0.2) is 4.98 Å². The average molecular weight is 288 g/mol. The summed E-state index contributed by atoms with van der Waals surface area (Å²) < 4.78 is 1.22. The fraction of sp³-hybridized carbons (Fsp3) is 0. The van der Waals surface area contributed by atoms with Crippen LogP contribution in [0, 0.1) is 0 Å². The van der Waals surface area contributed by atoms with Crippen molar-refractivity contribution in [2.24, 2.45) is 0 Å². The summed E-state index contributed by atoms with van der Waals surface area (Å²) in [5, 5.41) is 1.05. The molecule has 0 saturated carbocycles. The minimum absolute atomic E-state index is 0.987. The van der Waals surface area contributed by atoms with Crippen LogP contribution in [-0.4, -0.2) is 9.97 Å². The van der Waals surface area contributed by atoms with Gasteiger partial charge < -0.3 is 0 Å². The van der Waals surface area contributed by atoms with Gasteiger partial charge in [-0.05, 0) is 30.3 Å². The molecular weight excluding hydrogens is 276 g/mol. The van der Waals surface area contributed by atoms with E-state index in [4.69, 9.17) is 4.98 Å². The van der Waals surface area contributed by atoms with E-state index in [1.807, 2.05) is 30.5 Å². The van der Waals surface area contributed by atoms with Crippen molar-refractivity contribution in [2.45, 2.75) is 0 Å². The maximum atomic E-state index is 4.72. The monoisotopic (exact) mass is 288 g/mol. The molecular formula is C18H12N2S. The van der Waals surface area contributed by atoms with Crippen LogP contribution in [0.25, 0.3) is 32.0 Å². The Balaban J connectivity index is 1.82. The molecule has 0 spiro atoms. The lowest BCUT2D eigenvalue weighted by atomic mass is 10.1. The molecule has 3 heteroatoms. The van der Waals surface area contributed by atoms with E-state index in [0.29, 0.717) is 0 Å².